The number of nitrogens with two attached hydrogens (primary N) is 1. The molecule has 0 unspecified atom stereocenters. The Kier molecular flexibility index (Phi) is 5.00. The fraction of sp³-hybridized carbons (Fsp3) is 1.00. The number of hydrogen-bond acceptors (Lipinski definition) is 3. The third-order valence-corrected chi connectivity index (χ3v) is 4.06. The molecule has 0 saturated heterocycles. The van der Waals surface area contributed by atoms with Gasteiger partial charge >= 0.3 is 0 Å². The van der Waals surface area contributed by atoms with Crippen LogP contribution in [0.3, 0.4) is 0 Å². The summed E-state index contributed by atoms with van der Waals surface area (Å²) in [5.74, 6) is 0. The van der Waals surface area contributed by atoms with Gasteiger partial charge in [-0.2, -0.15) is 12.7 Å². The molecule has 0 aliphatic heterocycles. The maximum Gasteiger partial charge on any atom is 0.279 e. The van der Waals surface area contributed by atoms with Crippen LogP contribution >= 0.6 is 0 Å². The highest BCUT2D eigenvalue weighted by molar-refractivity contribution is 7.87. The number of likely N-dealkylation sites (N-methyl/N-ethyl adjacent to an activating group) is 1. The highest BCUT2D eigenvalue weighted by atomic mass is 32.2. The van der Waals surface area contributed by atoms with Crippen LogP contribution in [0, 0.1) is 0 Å². The summed E-state index contributed by atoms with van der Waals surface area (Å²) in [6.07, 6.45) is 0. The van der Waals surface area contributed by atoms with Crippen molar-refractivity contribution in [3.63, 3.8) is 0 Å². The average molecular weight is 223 g/mol. The summed E-state index contributed by atoms with van der Waals surface area (Å²) in [4.78, 5) is 0. The molecule has 0 aromatic rings. The molecule has 0 heterocycles. The lowest BCUT2D eigenvalue weighted by Gasteiger charge is -2.35. The minimum Gasteiger partial charge on any atom is -0.329 e. The van der Waals surface area contributed by atoms with Crippen molar-refractivity contribution in [3.05, 3.63) is 0 Å². The van der Waals surface area contributed by atoms with Gasteiger partial charge in [0.15, 0.2) is 0 Å². The van der Waals surface area contributed by atoms with E-state index in [1.807, 2.05) is 13.8 Å². The molecule has 3 N–H and O–H groups in total. The van der Waals surface area contributed by atoms with Crippen LogP contribution in [-0.4, -0.2) is 37.9 Å². The Morgan fingerprint density at radius 2 is 1.86 bits per heavy atom. The third kappa shape index (κ3) is 3.20. The zero-order valence-electron chi connectivity index (χ0n) is 9.37. The molecular formula is C8H21N3O2S. The van der Waals surface area contributed by atoms with Gasteiger partial charge in [0.05, 0.1) is 0 Å². The molecule has 0 saturated carbocycles. The second-order valence-electron chi connectivity index (χ2n) is 3.68. The zero-order chi connectivity index (χ0) is 11.4. The van der Waals surface area contributed by atoms with E-state index in [-0.39, 0.29) is 0 Å². The Bertz CT molecular complexity index is 262. The SMILES string of the molecule is CCNS(=O)(=O)N(CC)C(C)(C)CN. The Hall–Kier alpha value is -0.170. The van der Waals surface area contributed by atoms with Crippen LogP contribution < -0.4 is 10.5 Å². The average Bonchev–Trinajstić information content (AvgIpc) is 2.04. The van der Waals surface area contributed by atoms with Gasteiger partial charge in [-0.3, -0.25) is 0 Å². The molecule has 6 heteroatoms. The predicted molar refractivity (Wildman–Crippen MR) is 58.1 cm³/mol. The van der Waals surface area contributed by atoms with Crippen molar-refractivity contribution in [2.45, 2.75) is 33.2 Å². The number of nitrogens with one attached hydrogen (secondary N) is 1. The van der Waals surface area contributed by atoms with E-state index in [1.165, 1.54) is 4.31 Å². The molecule has 0 fully saturated rings. The van der Waals surface area contributed by atoms with Crippen LogP contribution in [-0.2, 0) is 10.2 Å². The van der Waals surface area contributed by atoms with E-state index < -0.39 is 15.7 Å². The summed E-state index contributed by atoms with van der Waals surface area (Å²) in [5.41, 5.74) is 5.00. The van der Waals surface area contributed by atoms with E-state index in [2.05, 4.69) is 4.72 Å². The molecule has 0 aromatic carbocycles. The zero-order valence-corrected chi connectivity index (χ0v) is 10.2. The molecule has 0 rings (SSSR count). The van der Waals surface area contributed by atoms with Gasteiger partial charge < -0.3 is 5.73 Å². The van der Waals surface area contributed by atoms with Gasteiger partial charge in [0.2, 0.25) is 0 Å². The van der Waals surface area contributed by atoms with Crippen molar-refractivity contribution in [2.75, 3.05) is 19.6 Å². The van der Waals surface area contributed by atoms with Crippen molar-refractivity contribution >= 4 is 10.2 Å². The Morgan fingerprint density at radius 1 is 1.36 bits per heavy atom. The van der Waals surface area contributed by atoms with Gasteiger partial charge in [-0.15, -0.1) is 0 Å². The smallest absolute Gasteiger partial charge is 0.279 e. The van der Waals surface area contributed by atoms with E-state index in [9.17, 15) is 8.42 Å². The minimum absolute atomic E-state index is 0.297. The third-order valence-electron chi connectivity index (χ3n) is 2.08. The van der Waals surface area contributed by atoms with E-state index in [4.69, 9.17) is 5.73 Å². The van der Waals surface area contributed by atoms with Gasteiger partial charge in [-0.05, 0) is 13.8 Å². The van der Waals surface area contributed by atoms with E-state index in [0.717, 1.165) is 0 Å². The van der Waals surface area contributed by atoms with Crippen LogP contribution in [0.15, 0.2) is 0 Å². The highest BCUT2D eigenvalue weighted by Crippen LogP contribution is 2.15. The van der Waals surface area contributed by atoms with Crippen molar-refractivity contribution in [3.8, 4) is 0 Å². The number of nitrogens with zero attached hydrogens (tertiary/aromatic N) is 1. The lowest BCUT2D eigenvalue weighted by atomic mass is 10.1. The minimum atomic E-state index is -3.39. The first-order valence-electron chi connectivity index (χ1n) is 4.79. The number of hydrogen-bond donors (Lipinski definition) is 2. The molecule has 0 atom stereocenters. The Morgan fingerprint density at radius 3 is 2.14 bits per heavy atom. The van der Waals surface area contributed by atoms with Gasteiger partial charge in [-0.25, -0.2) is 4.72 Å². The maximum atomic E-state index is 11.7. The molecule has 0 aliphatic rings. The first-order valence-corrected chi connectivity index (χ1v) is 6.23. The second-order valence-corrected chi connectivity index (χ2v) is 5.36. The molecule has 0 amide bonds. The summed E-state index contributed by atoms with van der Waals surface area (Å²) in [6, 6.07) is 0. The standard InChI is InChI=1S/C8H21N3O2S/c1-5-10-14(12,13)11(6-2)8(3,4)7-9/h10H,5-7,9H2,1-4H3. The second kappa shape index (κ2) is 5.06. The quantitative estimate of drug-likeness (QED) is 0.660. The van der Waals surface area contributed by atoms with Crippen molar-refractivity contribution < 1.29 is 8.42 Å². The van der Waals surface area contributed by atoms with E-state index in [0.29, 0.717) is 19.6 Å². The van der Waals surface area contributed by atoms with Crippen molar-refractivity contribution in [1.82, 2.24) is 9.03 Å². The summed E-state index contributed by atoms with van der Waals surface area (Å²) in [6.45, 7) is 8.27. The summed E-state index contributed by atoms with van der Waals surface area (Å²) in [5, 5.41) is 0. The lowest BCUT2D eigenvalue weighted by Crippen LogP contribution is -2.55. The molecule has 86 valence electrons. The van der Waals surface area contributed by atoms with Crippen LogP contribution in [0.2, 0.25) is 0 Å². The molecule has 0 aliphatic carbocycles. The van der Waals surface area contributed by atoms with Crippen molar-refractivity contribution in [1.29, 1.82) is 0 Å². The molecule has 5 nitrogen and oxygen atoms in total. The molecule has 0 bridgehead atoms. The summed E-state index contributed by atoms with van der Waals surface area (Å²) in [7, 11) is -3.39. The first kappa shape index (κ1) is 13.8. The fourth-order valence-corrected chi connectivity index (χ4v) is 2.87. The van der Waals surface area contributed by atoms with Gasteiger partial charge in [0, 0.05) is 25.2 Å². The number of rotatable bonds is 6. The highest BCUT2D eigenvalue weighted by Gasteiger charge is 2.33. The Balaban J connectivity index is 4.90. The van der Waals surface area contributed by atoms with E-state index in [1.54, 1.807) is 13.8 Å². The maximum absolute atomic E-state index is 11.7. The molecule has 14 heavy (non-hydrogen) atoms. The van der Waals surface area contributed by atoms with Crippen LogP contribution in [0.1, 0.15) is 27.7 Å². The predicted octanol–water partition coefficient (Wildman–Crippen LogP) is -0.100. The van der Waals surface area contributed by atoms with E-state index >= 15 is 0 Å². The molecule has 0 aromatic heterocycles. The Labute approximate surface area is 86.8 Å². The topological polar surface area (TPSA) is 75.4 Å². The fourth-order valence-electron chi connectivity index (χ4n) is 1.29. The first-order chi connectivity index (χ1) is 6.31. The summed E-state index contributed by atoms with van der Waals surface area (Å²) < 4.78 is 27.3. The largest absolute Gasteiger partial charge is 0.329 e. The monoisotopic (exact) mass is 223 g/mol. The van der Waals surface area contributed by atoms with Crippen LogP contribution in [0.4, 0.5) is 0 Å². The van der Waals surface area contributed by atoms with Gasteiger partial charge in [0.1, 0.15) is 0 Å². The summed E-state index contributed by atoms with van der Waals surface area (Å²) >= 11 is 0. The van der Waals surface area contributed by atoms with Crippen molar-refractivity contribution in [2.24, 2.45) is 5.73 Å². The molecule has 0 radical (unpaired) electrons. The lowest BCUT2D eigenvalue weighted by molar-refractivity contribution is 0.241. The molecular weight excluding hydrogens is 202 g/mol. The molecule has 0 spiro atoms. The van der Waals surface area contributed by atoms with Gasteiger partial charge in [-0.1, -0.05) is 13.8 Å². The normalized spacial score (nSPS) is 13.6. The van der Waals surface area contributed by atoms with Crippen LogP contribution in [0.25, 0.3) is 0 Å². The van der Waals surface area contributed by atoms with Gasteiger partial charge in [0.25, 0.3) is 10.2 Å². The van der Waals surface area contributed by atoms with Crippen LogP contribution in [0.5, 0.6) is 0 Å².